The number of nitrogens with zero attached hydrogens (tertiary/aromatic N) is 4. The topological polar surface area (TPSA) is 32.3 Å². The fourth-order valence-electron chi connectivity index (χ4n) is 4.42. The normalized spacial score (nSPS) is 33.0. The summed E-state index contributed by atoms with van der Waals surface area (Å²) in [5, 5.41) is 8.05. The first-order chi connectivity index (χ1) is 9.70. The maximum absolute atomic E-state index is 4.04. The first kappa shape index (κ1) is 13.1. The van der Waals surface area contributed by atoms with E-state index in [4.69, 9.17) is 0 Å². The van der Waals surface area contributed by atoms with Gasteiger partial charge < -0.3 is 0 Å². The third-order valence-corrected chi connectivity index (χ3v) is 6.11. The zero-order valence-corrected chi connectivity index (χ0v) is 13.8. The minimum absolute atomic E-state index is 0.724. The summed E-state index contributed by atoms with van der Waals surface area (Å²) in [5.74, 6) is 2.02. The molecule has 2 heterocycles. The van der Waals surface area contributed by atoms with E-state index in [9.17, 15) is 0 Å². The van der Waals surface area contributed by atoms with Gasteiger partial charge in [0.05, 0.1) is 0 Å². The van der Waals surface area contributed by atoms with Crippen LogP contribution in [0.4, 0.5) is 5.69 Å². The van der Waals surface area contributed by atoms with Gasteiger partial charge in [-0.3, -0.25) is 0 Å². The van der Waals surface area contributed by atoms with Crippen molar-refractivity contribution < 1.29 is 0 Å². The molecule has 3 atom stereocenters. The number of likely N-dealkylation sites (N-methyl/N-ethyl adjacent to an activating group) is 1. The van der Waals surface area contributed by atoms with Gasteiger partial charge in [-0.05, 0) is 0 Å². The van der Waals surface area contributed by atoms with Gasteiger partial charge in [-0.15, -0.1) is 0 Å². The molecule has 1 aliphatic heterocycles. The molecule has 2 saturated carbocycles. The van der Waals surface area contributed by atoms with Crippen LogP contribution in [0.15, 0.2) is 12.3 Å². The Labute approximate surface area is 129 Å². The predicted octanol–water partition coefficient (Wildman–Crippen LogP) is 0.579. The average Bonchev–Trinajstić information content (AvgIpc) is 2.99. The summed E-state index contributed by atoms with van der Waals surface area (Å²) in [7, 11) is 2.35. The van der Waals surface area contributed by atoms with Crippen LogP contribution in [-0.2, 0) is 0 Å². The Kier molecular flexibility index (Phi) is 3.27. The summed E-state index contributed by atoms with van der Waals surface area (Å²) >= 11 is 2.47. The van der Waals surface area contributed by atoms with Crippen molar-refractivity contribution in [3.05, 3.63) is 12.3 Å². The van der Waals surface area contributed by atoms with Crippen molar-refractivity contribution in [3.63, 3.8) is 0 Å². The number of hydrogen-bond acceptors (Lipinski definition) is 4. The SMILES string of the molecule is CN(C1CN(c2cnnc([As])c2)C1)C1CC2CCC1C2. The molecule has 4 rings (SSSR count). The van der Waals surface area contributed by atoms with Gasteiger partial charge in [0.25, 0.3) is 0 Å². The Morgan fingerprint density at radius 1 is 1.30 bits per heavy atom. The van der Waals surface area contributed by atoms with Gasteiger partial charge in [-0.25, -0.2) is 0 Å². The Bertz CT molecular complexity index is 502. The van der Waals surface area contributed by atoms with Crippen LogP contribution < -0.4 is 9.38 Å². The molecule has 3 aliphatic rings. The van der Waals surface area contributed by atoms with Crippen molar-refractivity contribution in [3.8, 4) is 0 Å². The summed E-state index contributed by atoms with van der Waals surface area (Å²) in [6.07, 6.45) is 7.79. The van der Waals surface area contributed by atoms with Gasteiger partial charge in [0.1, 0.15) is 0 Å². The molecule has 1 saturated heterocycles. The van der Waals surface area contributed by atoms with Gasteiger partial charge in [-0.1, -0.05) is 0 Å². The molecule has 2 bridgehead atoms. The van der Waals surface area contributed by atoms with E-state index in [0.717, 1.165) is 41.5 Å². The van der Waals surface area contributed by atoms with E-state index < -0.39 is 0 Å². The van der Waals surface area contributed by atoms with Gasteiger partial charge in [0.2, 0.25) is 0 Å². The maximum atomic E-state index is 4.04. The summed E-state index contributed by atoms with van der Waals surface area (Å²) in [6, 6.07) is 3.69. The summed E-state index contributed by atoms with van der Waals surface area (Å²) < 4.78 is 0.944. The molecule has 1 aromatic heterocycles. The van der Waals surface area contributed by atoms with E-state index in [1.54, 1.807) is 0 Å². The molecule has 0 aromatic carbocycles. The van der Waals surface area contributed by atoms with Crippen LogP contribution >= 0.6 is 0 Å². The van der Waals surface area contributed by atoms with Gasteiger partial charge in [-0.2, -0.15) is 0 Å². The van der Waals surface area contributed by atoms with E-state index in [0.29, 0.717) is 0 Å². The van der Waals surface area contributed by atoms with Crippen LogP contribution in [0.2, 0.25) is 0 Å². The molecule has 2 radical (unpaired) electrons. The molecule has 4 nitrogen and oxygen atoms in total. The minimum atomic E-state index is 0.724. The predicted molar refractivity (Wildman–Crippen MR) is 80.4 cm³/mol. The quantitative estimate of drug-likeness (QED) is 0.758. The van der Waals surface area contributed by atoms with E-state index in [1.807, 2.05) is 6.20 Å². The number of rotatable bonds is 3. The Morgan fingerprint density at radius 3 is 2.80 bits per heavy atom. The van der Waals surface area contributed by atoms with Crippen LogP contribution in [0.3, 0.4) is 0 Å². The van der Waals surface area contributed by atoms with Crippen LogP contribution in [0, 0.1) is 11.8 Å². The molecule has 3 unspecified atom stereocenters. The molecule has 106 valence electrons. The molecular formula is C15H21AsN4. The molecule has 1 aromatic rings. The Balaban J connectivity index is 1.36. The van der Waals surface area contributed by atoms with Crippen molar-refractivity contribution in [2.24, 2.45) is 11.8 Å². The monoisotopic (exact) mass is 332 g/mol. The van der Waals surface area contributed by atoms with Crippen molar-refractivity contribution in [1.82, 2.24) is 15.1 Å². The van der Waals surface area contributed by atoms with Gasteiger partial charge in [0.15, 0.2) is 0 Å². The summed E-state index contributed by atoms with van der Waals surface area (Å²) in [4.78, 5) is 5.10. The number of fused-ring (bicyclic) bond motifs is 2. The standard InChI is InChI=1S/C15H21AsN4/c1-19(14-5-10-2-3-11(14)4-10)13-8-20(9-13)12-6-15(16)18-17-7-12/h6-7,10-11,13-14H,2-5,8-9H2,1H3. The van der Waals surface area contributed by atoms with Crippen molar-refractivity contribution in [2.45, 2.75) is 37.8 Å². The third-order valence-electron chi connectivity index (χ3n) is 5.65. The number of aromatic nitrogens is 2. The second-order valence-corrected chi connectivity index (χ2v) is 7.70. The second kappa shape index (κ2) is 4.99. The van der Waals surface area contributed by atoms with E-state index >= 15 is 0 Å². The summed E-state index contributed by atoms with van der Waals surface area (Å²) in [6.45, 7) is 2.28. The summed E-state index contributed by atoms with van der Waals surface area (Å²) in [5.41, 5.74) is 1.22. The van der Waals surface area contributed by atoms with E-state index in [2.05, 4.69) is 50.0 Å². The van der Waals surface area contributed by atoms with Crippen LogP contribution in [0.1, 0.15) is 25.7 Å². The zero-order valence-electron chi connectivity index (χ0n) is 11.9. The Hall–Kier alpha value is -0.602. The molecular weight excluding hydrogens is 311 g/mol. The van der Waals surface area contributed by atoms with E-state index in [1.165, 1.54) is 31.4 Å². The van der Waals surface area contributed by atoms with E-state index in [-0.39, 0.29) is 0 Å². The van der Waals surface area contributed by atoms with Crippen LogP contribution in [-0.4, -0.2) is 64.2 Å². The van der Waals surface area contributed by atoms with Gasteiger partial charge >= 0.3 is 129 Å². The fourth-order valence-corrected chi connectivity index (χ4v) is 4.81. The number of hydrogen-bond donors (Lipinski definition) is 0. The van der Waals surface area contributed by atoms with Crippen molar-refractivity contribution in [2.75, 3.05) is 25.0 Å². The molecule has 0 amide bonds. The average molecular weight is 332 g/mol. The first-order valence-corrected chi connectivity index (χ1v) is 8.63. The van der Waals surface area contributed by atoms with Crippen molar-refractivity contribution in [1.29, 1.82) is 0 Å². The van der Waals surface area contributed by atoms with Crippen LogP contribution in [0.5, 0.6) is 0 Å². The molecule has 0 spiro atoms. The Morgan fingerprint density at radius 2 is 2.15 bits per heavy atom. The third kappa shape index (κ3) is 2.17. The number of anilines is 1. The zero-order chi connectivity index (χ0) is 13.7. The fraction of sp³-hybridized carbons (Fsp3) is 0.733. The molecule has 2 aliphatic carbocycles. The first-order valence-electron chi connectivity index (χ1n) is 7.69. The second-order valence-electron chi connectivity index (χ2n) is 6.74. The molecule has 20 heavy (non-hydrogen) atoms. The van der Waals surface area contributed by atoms with Crippen molar-refractivity contribution >= 4 is 27.0 Å². The van der Waals surface area contributed by atoms with Crippen LogP contribution in [0.25, 0.3) is 0 Å². The molecule has 5 heteroatoms. The van der Waals surface area contributed by atoms with Gasteiger partial charge in [0, 0.05) is 0 Å². The molecule has 3 fully saturated rings. The molecule has 0 N–H and O–H groups in total.